The molecule has 24 nitrogen and oxygen atoms in total. The van der Waals surface area contributed by atoms with Crippen molar-refractivity contribution in [3.63, 3.8) is 0 Å². The van der Waals surface area contributed by atoms with E-state index in [0.717, 1.165) is 0 Å². The van der Waals surface area contributed by atoms with Crippen LogP contribution in [0.2, 0.25) is 0 Å². The van der Waals surface area contributed by atoms with Crippen molar-refractivity contribution in [3.8, 4) is 22.6 Å². The number of nitrogens with zero attached hydrogens (tertiary/aromatic N) is 1. The quantitative estimate of drug-likeness (QED) is 0.0526. The van der Waals surface area contributed by atoms with E-state index in [2.05, 4.69) is 42.5 Å². The van der Waals surface area contributed by atoms with Crippen molar-refractivity contribution in [2.24, 2.45) is 0 Å². The van der Waals surface area contributed by atoms with Gasteiger partial charge in [-0.25, -0.2) is 19.2 Å². The Morgan fingerprint density at radius 2 is 1.00 bits per heavy atom. The van der Waals surface area contributed by atoms with Gasteiger partial charge in [0.2, 0.25) is 29.5 Å². The van der Waals surface area contributed by atoms with E-state index in [1.165, 1.54) is 17.0 Å². The van der Waals surface area contributed by atoms with E-state index in [-0.39, 0.29) is 88.3 Å². The molecule has 1 aliphatic rings. The molecule has 79 heavy (non-hydrogen) atoms. The van der Waals surface area contributed by atoms with Crippen LogP contribution in [-0.4, -0.2) is 155 Å². The zero-order valence-corrected chi connectivity index (χ0v) is 48.1. The number of carbonyl (C=O) groups is 9. The van der Waals surface area contributed by atoms with E-state index in [1.54, 1.807) is 114 Å². The molecule has 2 aromatic rings. The van der Waals surface area contributed by atoms with E-state index in [4.69, 9.17) is 18.9 Å². The van der Waals surface area contributed by atoms with E-state index in [9.17, 15) is 53.4 Å². The molecule has 10 N–H and O–H groups in total. The van der Waals surface area contributed by atoms with Crippen molar-refractivity contribution in [2.45, 2.75) is 182 Å². The number of hydrogen-bond donors (Lipinski definition) is 10. The number of rotatable bonds is 23. The van der Waals surface area contributed by atoms with E-state index in [1.807, 2.05) is 0 Å². The molecule has 2 aromatic carbocycles. The van der Waals surface area contributed by atoms with Crippen LogP contribution in [-0.2, 0) is 49.3 Å². The summed E-state index contributed by atoms with van der Waals surface area (Å²) in [5.74, 6) is -3.68. The molecule has 0 aromatic heterocycles. The Morgan fingerprint density at radius 3 is 1.52 bits per heavy atom. The van der Waals surface area contributed by atoms with Gasteiger partial charge in [0.1, 0.15) is 58.1 Å². The van der Waals surface area contributed by atoms with Crippen LogP contribution in [0.15, 0.2) is 36.4 Å². The first-order valence-corrected chi connectivity index (χ1v) is 26.6. The summed E-state index contributed by atoms with van der Waals surface area (Å²) in [5.41, 5.74) is -1.09. The lowest BCUT2D eigenvalue weighted by Crippen LogP contribution is -2.56. The fraction of sp³-hybridized carbons (Fsp3) is 0.618. The Hall–Kier alpha value is -7.53. The molecule has 3 rings (SSSR count). The normalized spacial score (nSPS) is 14.7. The number of ether oxygens (including phenoxy) is 4. The first-order chi connectivity index (χ1) is 36.6. The summed E-state index contributed by atoms with van der Waals surface area (Å²) in [6.45, 7) is 21.6. The minimum atomic E-state index is -1.45. The second-order valence-electron chi connectivity index (χ2n) is 23.2. The van der Waals surface area contributed by atoms with Gasteiger partial charge in [0.05, 0.1) is 6.54 Å². The average molecular weight is 1110 g/mol. The predicted molar refractivity (Wildman–Crippen MR) is 293 cm³/mol. The lowest BCUT2D eigenvalue weighted by atomic mass is 9.97. The number of nitrogens with one attached hydrogen (secondary N) is 8. The molecule has 0 saturated carbocycles. The summed E-state index contributed by atoms with van der Waals surface area (Å²) in [6.07, 6.45) is -2.37. The van der Waals surface area contributed by atoms with Crippen LogP contribution in [0.4, 0.5) is 19.2 Å². The monoisotopic (exact) mass is 1110 g/mol. The standard InChI is InChI=1S/C55H85N9O15/c1-33-29-34(20-22-41(33)65)35-21-23-42(66)36(30-35)31-39(63-51(75)79-55(11,12)13)46(70)61-38(18-15-25-58-49(73)77-53(5,6)7)45(69)60-32-43(67)64-28-16-19-40(64)47(71)62-37(17-14-24-57-48(72)76-52(2,3)4)44(68)56-26-27-59-50(74)78-54(8,9)10/h20-23,29-30,37-40,65-66H,14-19,24-28,31-32H2,1-13H3,(H,56,68)(H,57,72)(H,58,73)(H,59,74)(H,60,69)(H,61,70)(H,62,71)(H,63,75)/t37-,38-,39-,40-/m0/s1. The zero-order valence-electron chi connectivity index (χ0n) is 48.1. The van der Waals surface area contributed by atoms with Crippen molar-refractivity contribution in [1.29, 1.82) is 0 Å². The number of aromatic hydroxyl groups is 2. The first kappa shape index (κ1) is 65.8. The smallest absolute Gasteiger partial charge is 0.408 e. The van der Waals surface area contributed by atoms with Gasteiger partial charge < -0.3 is 76.6 Å². The summed E-state index contributed by atoms with van der Waals surface area (Å²) in [4.78, 5) is 121. The minimum absolute atomic E-state index is 0.0109. The maximum absolute atomic E-state index is 14.4. The number of phenols is 2. The lowest BCUT2D eigenvalue weighted by Gasteiger charge is -2.27. The van der Waals surface area contributed by atoms with Gasteiger partial charge in [-0.3, -0.25) is 24.0 Å². The molecule has 0 unspecified atom stereocenters. The first-order valence-electron chi connectivity index (χ1n) is 26.6. The van der Waals surface area contributed by atoms with Gasteiger partial charge in [0, 0.05) is 39.1 Å². The molecule has 0 spiro atoms. The fourth-order valence-corrected chi connectivity index (χ4v) is 7.85. The third kappa shape index (κ3) is 25.2. The molecule has 440 valence electrons. The Morgan fingerprint density at radius 1 is 0.544 bits per heavy atom. The Kier molecular flexibility index (Phi) is 24.5. The summed E-state index contributed by atoms with van der Waals surface area (Å²) < 4.78 is 21.3. The highest BCUT2D eigenvalue weighted by Gasteiger charge is 2.37. The van der Waals surface area contributed by atoms with Crippen LogP contribution in [0, 0.1) is 6.92 Å². The van der Waals surface area contributed by atoms with Crippen LogP contribution in [0.5, 0.6) is 11.5 Å². The summed E-state index contributed by atoms with van der Waals surface area (Å²) in [6, 6.07) is 4.65. The Balaban J connectivity index is 1.83. The number of aryl methyl sites for hydroxylation is 1. The third-order valence-corrected chi connectivity index (χ3v) is 11.4. The topological polar surface area (TPSA) is 330 Å². The molecule has 4 atom stereocenters. The second kappa shape index (κ2) is 29.4. The summed E-state index contributed by atoms with van der Waals surface area (Å²) >= 11 is 0. The number of alkyl carbamates (subject to hydrolysis) is 4. The molecule has 1 aliphatic heterocycles. The van der Waals surface area contributed by atoms with Crippen LogP contribution in [0.3, 0.4) is 0 Å². The largest absolute Gasteiger partial charge is 0.508 e. The van der Waals surface area contributed by atoms with Gasteiger partial charge in [-0.2, -0.15) is 0 Å². The zero-order chi connectivity index (χ0) is 59.5. The molecule has 0 bridgehead atoms. The number of carbonyl (C=O) groups excluding carboxylic acids is 9. The van der Waals surface area contributed by atoms with Gasteiger partial charge in [-0.15, -0.1) is 0 Å². The summed E-state index contributed by atoms with van der Waals surface area (Å²) in [7, 11) is 0. The number of likely N-dealkylation sites (tertiary alicyclic amines) is 1. The van der Waals surface area contributed by atoms with Crippen LogP contribution >= 0.6 is 0 Å². The van der Waals surface area contributed by atoms with Gasteiger partial charge in [-0.05, 0) is 175 Å². The average Bonchev–Trinajstić information content (AvgIpc) is 3.83. The molecule has 0 aliphatic carbocycles. The molecule has 1 heterocycles. The maximum atomic E-state index is 14.4. The van der Waals surface area contributed by atoms with Crippen molar-refractivity contribution in [2.75, 3.05) is 39.3 Å². The van der Waals surface area contributed by atoms with Crippen LogP contribution in [0.1, 0.15) is 133 Å². The number of hydrogen-bond acceptors (Lipinski definition) is 15. The number of amides is 9. The van der Waals surface area contributed by atoms with Crippen molar-refractivity contribution >= 4 is 53.9 Å². The molecular formula is C55H85N9O15. The second-order valence-corrected chi connectivity index (χ2v) is 23.2. The van der Waals surface area contributed by atoms with Crippen molar-refractivity contribution < 1.29 is 72.3 Å². The van der Waals surface area contributed by atoms with Gasteiger partial charge >= 0.3 is 24.4 Å². The Labute approximate surface area is 463 Å². The molecule has 9 amide bonds. The van der Waals surface area contributed by atoms with E-state index < -0.39 is 107 Å². The van der Waals surface area contributed by atoms with Gasteiger partial charge in [-0.1, -0.05) is 12.1 Å². The van der Waals surface area contributed by atoms with Gasteiger partial charge in [0.15, 0.2) is 0 Å². The molecule has 24 heteroatoms. The number of benzene rings is 2. The van der Waals surface area contributed by atoms with Crippen LogP contribution < -0.4 is 42.5 Å². The third-order valence-electron chi connectivity index (χ3n) is 11.4. The lowest BCUT2D eigenvalue weighted by molar-refractivity contribution is -0.140. The highest BCUT2D eigenvalue weighted by molar-refractivity contribution is 5.95. The minimum Gasteiger partial charge on any atom is -0.508 e. The van der Waals surface area contributed by atoms with Gasteiger partial charge in [0.25, 0.3) is 0 Å². The van der Waals surface area contributed by atoms with Crippen LogP contribution in [0.25, 0.3) is 11.1 Å². The molecule has 1 fully saturated rings. The summed E-state index contributed by atoms with van der Waals surface area (Å²) in [5, 5.41) is 42.1. The highest BCUT2D eigenvalue weighted by Crippen LogP contribution is 2.30. The van der Waals surface area contributed by atoms with E-state index >= 15 is 0 Å². The predicted octanol–water partition coefficient (Wildman–Crippen LogP) is 4.84. The highest BCUT2D eigenvalue weighted by atomic mass is 16.6. The molecular weight excluding hydrogens is 1030 g/mol. The SMILES string of the molecule is Cc1cc(-c2ccc(O)c(C[C@H](NC(=O)OC(C)(C)C)C(=O)N[C@@H](CCCNC(=O)OC(C)(C)C)C(=O)NCC(=O)N3CCC[C@H]3C(=O)N[C@@H](CCCNC(=O)OC(C)(C)C)C(=O)NCCNC(=O)OC(C)(C)C)c2)ccc1O. The fourth-order valence-electron chi connectivity index (χ4n) is 7.85. The van der Waals surface area contributed by atoms with E-state index in [0.29, 0.717) is 23.1 Å². The molecule has 1 saturated heterocycles. The van der Waals surface area contributed by atoms with Crippen molar-refractivity contribution in [1.82, 2.24) is 47.4 Å². The Bertz CT molecular complexity index is 2460. The maximum Gasteiger partial charge on any atom is 0.408 e. The molecule has 0 radical (unpaired) electrons. The number of phenolic OH excluding ortho intramolecular Hbond substituents is 2. The van der Waals surface area contributed by atoms with Crippen molar-refractivity contribution in [3.05, 3.63) is 47.5 Å².